The van der Waals surface area contributed by atoms with Crippen molar-refractivity contribution in [3.63, 3.8) is 0 Å². The number of ketones is 1. The van der Waals surface area contributed by atoms with E-state index in [-0.39, 0.29) is 5.78 Å². The van der Waals surface area contributed by atoms with Gasteiger partial charge in [0.15, 0.2) is 0 Å². The summed E-state index contributed by atoms with van der Waals surface area (Å²) in [6.07, 6.45) is 1.60. The minimum absolute atomic E-state index is 0.0301. The average molecular weight is 297 g/mol. The van der Waals surface area contributed by atoms with Crippen LogP contribution in [0.1, 0.15) is 20.2 Å². The van der Waals surface area contributed by atoms with Gasteiger partial charge >= 0.3 is 0 Å². The van der Waals surface area contributed by atoms with Crippen LogP contribution < -0.4 is 5.73 Å². The van der Waals surface area contributed by atoms with E-state index in [1.165, 1.54) is 11.3 Å². The van der Waals surface area contributed by atoms with E-state index in [0.29, 0.717) is 20.6 Å². The Bertz CT molecular complexity index is 551. The molecule has 0 fully saturated rings. The van der Waals surface area contributed by atoms with Crippen LogP contribution in [0.5, 0.6) is 0 Å². The Labute approximate surface area is 105 Å². The van der Waals surface area contributed by atoms with Crippen molar-refractivity contribution in [1.29, 1.82) is 0 Å². The highest BCUT2D eigenvalue weighted by atomic mass is 79.9. The maximum absolute atomic E-state index is 12.1. The number of carbonyl (C=O) groups is 1. The minimum Gasteiger partial charge on any atom is -0.399 e. The monoisotopic (exact) mass is 296 g/mol. The first-order valence-corrected chi connectivity index (χ1v) is 6.21. The highest BCUT2D eigenvalue weighted by molar-refractivity contribution is 9.10. The van der Waals surface area contributed by atoms with Gasteiger partial charge in [-0.15, -0.1) is 11.3 Å². The second-order valence-corrected chi connectivity index (χ2v) is 5.40. The molecule has 1 aromatic heterocycles. The number of anilines is 1. The lowest BCUT2D eigenvalue weighted by Crippen LogP contribution is -2.00. The summed E-state index contributed by atoms with van der Waals surface area (Å²) in [6, 6.07) is 5.16. The summed E-state index contributed by atoms with van der Waals surface area (Å²) in [5.74, 6) is -0.0301. The van der Waals surface area contributed by atoms with Gasteiger partial charge in [0.05, 0.1) is 9.88 Å². The highest BCUT2D eigenvalue weighted by Crippen LogP contribution is 2.24. The molecular weight excluding hydrogens is 288 g/mol. The molecular formula is C11H9BrN2OS. The average Bonchev–Trinajstić information content (AvgIpc) is 2.64. The maximum atomic E-state index is 12.1. The van der Waals surface area contributed by atoms with Gasteiger partial charge in [0.2, 0.25) is 5.78 Å². The SMILES string of the molecule is Cc1ncc(C(=O)c2ccc(N)cc2Br)s1. The summed E-state index contributed by atoms with van der Waals surface area (Å²) in [5, 5.41) is 0.884. The molecule has 0 radical (unpaired) electrons. The number of rotatable bonds is 2. The van der Waals surface area contributed by atoms with Gasteiger partial charge in [-0.1, -0.05) is 0 Å². The first kappa shape index (κ1) is 11.3. The first-order chi connectivity index (χ1) is 7.58. The zero-order chi connectivity index (χ0) is 11.7. The molecule has 0 saturated heterocycles. The molecule has 2 N–H and O–H groups in total. The van der Waals surface area contributed by atoms with Crippen LogP contribution in [0.3, 0.4) is 0 Å². The predicted molar refractivity (Wildman–Crippen MR) is 68.8 cm³/mol. The molecule has 0 saturated carbocycles. The maximum Gasteiger partial charge on any atom is 0.205 e. The van der Waals surface area contributed by atoms with Crippen molar-refractivity contribution in [2.75, 3.05) is 5.73 Å². The molecule has 3 nitrogen and oxygen atoms in total. The van der Waals surface area contributed by atoms with Crippen LogP contribution in [-0.4, -0.2) is 10.8 Å². The van der Waals surface area contributed by atoms with Crippen molar-refractivity contribution in [2.45, 2.75) is 6.92 Å². The third kappa shape index (κ3) is 2.15. The summed E-state index contributed by atoms with van der Waals surface area (Å²) in [5.41, 5.74) is 6.86. The van der Waals surface area contributed by atoms with Crippen molar-refractivity contribution < 1.29 is 4.79 Å². The number of halogens is 1. The van der Waals surface area contributed by atoms with E-state index in [1.54, 1.807) is 24.4 Å². The number of hydrogen-bond acceptors (Lipinski definition) is 4. The number of nitrogens with zero attached hydrogens (tertiary/aromatic N) is 1. The largest absolute Gasteiger partial charge is 0.399 e. The number of aryl methyl sites for hydroxylation is 1. The third-order valence-corrected chi connectivity index (χ3v) is 3.65. The fraction of sp³-hybridized carbons (Fsp3) is 0.0909. The number of thiazole rings is 1. The van der Waals surface area contributed by atoms with Crippen LogP contribution in [-0.2, 0) is 0 Å². The fourth-order valence-electron chi connectivity index (χ4n) is 1.31. The van der Waals surface area contributed by atoms with Crippen molar-refractivity contribution >= 4 is 38.7 Å². The van der Waals surface area contributed by atoms with E-state index in [1.807, 2.05) is 6.92 Å². The molecule has 16 heavy (non-hydrogen) atoms. The molecule has 0 bridgehead atoms. The van der Waals surface area contributed by atoms with E-state index in [4.69, 9.17) is 5.73 Å². The number of hydrogen-bond donors (Lipinski definition) is 1. The molecule has 0 aliphatic heterocycles. The Morgan fingerprint density at radius 3 is 2.81 bits per heavy atom. The quantitative estimate of drug-likeness (QED) is 0.684. The number of nitrogen functional groups attached to an aromatic ring is 1. The topological polar surface area (TPSA) is 56.0 Å². The van der Waals surface area contributed by atoms with Crippen LogP contribution in [0.15, 0.2) is 28.9 Å². The van der Waals surface area contributed by atoms with E-state index in [0.717, 1.165) is 5.01 Å². The lowest BCUT2D eigenvalue weighted by atomic mass is 10.1. The van der Waals surface area contributed by atoms with Gasteiger partial charge in [-0.2, -0.15) is 0 Å². The van der Waals surface area contributed by atoms with Crippen molar-refractivity contribution in [2.24, 2.45) is 0 Å². The standard InChI is InChI=1S/C11H9BrN2OS/c1-6-14-5-10(16-6)11(15)8-3-2-7(13)4-9(8)12/h2-5H,13H2,1H3. The van der Waals surface area contributed by atoms with Crippen LogP contribution in [0.25, 0.3) is 0 Å². The molecule has 1 aromatic carbocycles. The second kappa shape index (κ2) is 4.35. The molecule has 2 rings (SSSR count). The first-order valence-electron chi connectivity index (χ1n) is 4.60. The molecule has 82 valence electrons. The van der Waals surface area contributed by atoms with E-state index in [2.05, 4.69) is 20.9 Å². The lowest BCUT2D eigenvalue weighted by molar-refractivity contribution is 0.104. The van der Waals surface area contributed by atoms with Gasteiger partial charge in [0, 0.05) is 21.9 Å². The number of carbonyl (C=O) groups excluding carboxylic acids is 1. The van der Waals surface area contributed by atoms with Gasteiger partial charge in [-0.3, -0.25) is 4.79 Å². The molecule has 0 unspecified atom stereocenters. The summed E-state index contributed by atoms with van der Waals surface area (Å²) in [6.45, 7) is 1.87. The zero-order valence-electron chi connectivity index (χ0n) is 8.53. The van der Waals surface area contributed by atoms with E-state index >= 15 is 0 Å². The predicted octanol–water partition coefficient (Wildman–Crippen LogP) is 3.03. The molecule has 0 aliphatic rings. The van der Waals surface area contributed by atoms with Gasteiger partial charge in [0.25, 0.3) is 0 Å². The Kier molecular flexibility index (Phi) is 3.07. The minimum atomic E-state index is -0.0301. The van der Waals surface area contributed by atoms with Crippen molar-refractivity contribution in [3.8, 4) is 0 Å². The smallest absolute Gasteiger partial charge is 0.205 e. The summed E-state index contributed by atoms with van der Waals surface area (Å²) >= 11 is 4.73. The normalized spacial score (nSPS) is 10.4. The molecule has 0 aliphatic carbocycles. The summed E-state index contributed by atoms with van der Waals surface area (Å²) in [7, 11) is 0. The van der Waals surface area contributed by atoms with Gasteiger partial charge in [-0.25, -0.2) is 4.98 Å². The number of benzene rings is 1. The van der Waals surface area contributed by atoms with Crippen LogP contribution >= 0.6 is 27.3 Å². The Balaban J connectivity index is 2.41. The van der Waals surface area contributed by atoms with Gasteiger partial charge in [-0.05, 0) is 41.1 Å². The lowest BCUT2D eigenvalue weighted by Gasteiger charge is -2.02. The highest BCUT2D eigenvalue weighted by Gasteiger charge is 2.14. The van der Waals surface area contributed by atoms with Crippen LogP contribution in [0.2, 0.25) is 0 Å². The summed E-state index contributed by atoms with van der Waals surface area (Å²) < 4.78 is 0.712. The molecule has 5 heteroatoms. The molecule has 0 spiro atoms. The Morgan fingerprint density at radius 2 is 2.25 bits per heavy atom. The second-order valence-electron chi connectivity index (χ2n) is 3.31. The van der Waals surface area contributed by atoms with E-state index < -0.39 is 0 Å². The van der Waals surface area contributed by atoms with Crippen LogP contribution in [0.4, 0.5) is 5.69 Å². The molecule has 0 amide bonds. The van der Waals surface area contributed by atoms with Gasteiger partial charge < -0.3 is 5.73 Å². The van der Waals surface area contributed by atoms with Gasteiger partial charge in [0.1, 0.15) is 0 Å². The summed E-state index contributed by atoms with van der Waals surface area (Å²) in [4.78, 5) is 16.8. The number of nitrogens with two attached hydrogens (primary N) is 1. The third-order valence-electron chi connectivity index (χ3n) is 2.08. The molecule has 0 atom stereocenters. The zero-order valence-corrected chi connectivity index (χ0v) is 10.9. The van der Waals surface area contributed by atoms with Crippen molar-refractivity contribution in [3.05, 3.63) is 44.3 Å². The number of aromatic nitrogens is 1. The molecule has 1 heterocycles. The van der Waals surface area contributed by atoms with E-state index in [9.17, 15) is 4.79 Å². The molecule has 2 aromatic rings. The Hall–Kier alpha value is -1.20. The Morgan fingerprint density at radius 1 is 1.50 bits per heavy atom. The van der Waals surface area contributed by atoms with Crippen molar-refractivity contribution in [1.82, 2.24) is 4.98 Å². The fourth-order valence-corrected chi connectivity index (χ4v) is 2.62. The van der Waals surface area contributed by atoms with Crippen LogP contribution in [0, 0.1) is 6.92 Å².